The van der Waals surface area contributed by atoms with Gasteiger partial charge in [0.15, 0.2) is 11.3 Å². The Morgan fingerprint density at radius 1 is 1.25 bits per heavy atom. The highest BCUT2D eigenvalue weighted by atomic mass is 16.5. The molecular weight excluding hydrogens is 358 g/mol. The Morgan fingerprint density at radius 3 is 2.68 bits per heavy atom. The molecule has 3 N–H and O–H groups in total. The van der Waals surface area contributed by atoms with E-state index in [1.807, 2.05) is 39.0 Å². The zero-order valence-corrected chi connectivity index (χ0v) is 16.4. The number of carbonyl (C=O) groups is 2. The Hall–Kier alpha value is -3.42. The summed E-state index contributed by atoms with van der Waals surface area (Å²) in [6.45, 7) is 5.71. The number of hydrogen-bond donors (Lipinski definition) is 2. The highest BCUT2D eigenvalue weighted by Gasteiger charge is 2.17. The van der Waals surface area contributed by atoms with Gasteiger partial charge < -0.3 is 15.8 Å². The Labute approximate surface area is 162 Å². The van der Waals surface area contributed by atoms with E-state index in [1.54, 1.807) is 11.5 Å². The number of amides is 2. The van der Waals surface area contributed by atoms with Gasteiger partial charge in [-0.2, -0.15) is 0 Å². The quantitative estimate of drug-likeness (QED) is 0.681. The van der Waals surface area contributed by atoms with Crippen LogP contribution in [0.15, 0.2) is 24.5 Å². The molecular formula is C20H23N5O3. The minimum Gasteiger partial charge on any atom is -0.495 e. The van der Waals surface area contributed by atoms with Crippen LogP contribution >= 0.6 is 0 Å². The minimum atomic E-state index is -0.618. The van der Waals surface area contributed by atoms with Crippen LogP contribution in [0.25, 0.3) is 5.65 Å². The molecule has 1 aromatic carbocycles. The fourth-order valence-electron chi connectivity index (χ4n) is 3.23. The van der Waals surface area contributed by atoms with E-state index in [0.717, 1.165) is 22.5 Å². The van der Waals surface area contributed by atoms with Crippen LogP contribution < -0.4 is 15.8 Å². The maximum Gasteiger partial charge on any atom is 0.271 e. The predicted octanol–water partition coefficient (Wildman–Crippen LogP) is 2.33. The summed E-state index contributed by atoms with van der Waals surface area (Å²) in [5.74, 6) is -0.119. The van der Waals surface area contributed by atoms with E-state index >= 15 is 0 Å². The van der Waals surface area contributed by atoms with Crippen LogP contribution in [-0.2, 0) is 11.2 Å². The van der Waals surface area contributed by atoms with Gasteiger partial charge >= 0.3 is 0 Å². The number of rotatable bonds is 6. The number of fused-ring (bicyclic) bond motifs is 1. The third-order valence-corrected chi connectivity index (χ3v) is 4.72. The van der Waals surface area contributed by atoms with Crippen molar-refractivity contribution in [3.8, 4) is 5.75 Å². The van der Waals surface area contributed by atoms with Gasteiger partial charge in [0.2, 0.25) is 5.91 Å². The second-order valence-electron chi connectivity index (χ2n) is 6.66. The first-order valence-corrected chi connectivity index (χ1v) is 8.89. The molecule has 0 aliphatic heterocycles. The van der Waals surface area contributed by atoms with Crippen LogP contribution in [0.2, 0.25) is 0 Å². The van der Waals surface area contributed by atoms with Crippen molar-refractivity contribution in [2.24, 2.45) is 5.73 Å². The fraction of sp³-hybridized carbons (Fsp3) is 0.300. The number of hydrogen-bond acceptors (Lipinski definition) is 5. The smallest absolute Gasteiger partial charge is 0.271 e. The van der Waals surface area contributed by atoms with Crippen LogP contribution in [0.1, 0.15) is 39.4 Å². The summed E-state index contributed by atoms with van der Waals surface area (Å²) in [6.07, 6.45) is 2.31. The molecule has 0 saturated heterocycles. The molecule has 28 heavy (non-hydrogen) atoms. The first-order valence-electron chi connectivity index (χ1n) is 8.89. The van der Waals surface area contributed by atoms with Gasteiger partial charge in [0.1, 0.15) is 12.1 Å². The Bertz CT molecular complexity index is 1070. The summed E-state index contributed by atoms with van der Waals surface area (Å²) >= 11 is 0. The van der Waals surface area contributed by atoms with Crippen LogP contribution in [0.5, 0.6) is 5.75 Å². The third kappa shape index (κ3) is 3.66. The normalized spacial score (nSPS) is 10.9. The lowest BCUT2D eigenvalue weighted by molar-refractivity contribution is -0.116. The van der Waals surface area contributed by atoms with Crippen molar-refractivity contribution in [2.75, 3.05) is 12.4 Å². The molecule has 0 spiro atoms. The van der Waals surface area contributed by atoms with Gasteiger partial charge in [-0.25, -0.2) is 9.97 Å². The van der Waals surface area contributed by atoms with Crippen molar-refractivity contribution >= 4 is 23.1 Å². The van der Waals surface area contributed by atoms with Crippen molar-refractivity contribution < 1.29 is 14.3 Å². The lowest BCUT2D eigenvalue weighted by Gasteiger charge is -2.13. The van der Waals surface area contributed by atoms with Gasteiger partial charge in [-0.15, -0.1) is 0 Å². The molecule has 0 atom stereocenters. The molecule has 0 aliphatic carbocycles. The van der Waals surface area contributed by atoms with E-state index in [2.05, 4.69) is 15.3 Å². The zero-order valence-electron chi connectivity index (χ0n) is 16.4. The topological polar surface area (TPSA) is 112 Å². The van der Waals surface area contributed by atoms with Crippen molar-refractivity contribution in [3.63, 3.8) is 0 Å². The number of aromatic nitrogens is 3. The molecule has 0 fully saturated rings. The largest absolute Gasteiger partial charge is 0.495 e. The number of primary amides is 1. The van der Waals surface area contributed by atoms with E-state index in [4.69, 9.17) is 10.5 Å². The first-order chi connectivity index (χ1) is 13.3. The summed E-state index contributed by atoms with van der Waals surface area (Å²) < 4.78 is 7.03. The summed E-state index contributed by atoms with van der Waals surface area (Å²) in [4.78, 5) is 32.5. The summed E-state index contributed by atoms with van der Waals surface area (Å²) in [6, 6.07) is 5.62. The Balaban J connectivity index is 1.79. The fourth-order valence-corrected chi connectivity index (χ4v) is 3.23. The van der Waals surface area contributed by atoms with Crippen molar-refractivity contribution in [1.82, 2.24) is 14.4 Å². The average molecular weight is 381 g/mol. The number of anilines is 1. The second kappa shape index (κ2) is 7.67. The van der Waals surface area contributed by atoms with Gasteiger partial charge in [0.25, 0.3) is 5.91 Å². The lowest BCUT2D eigenvalue weighted by atomic mass is 10.1. The summed E-state index contributed by atoms with van der Waals surface area (Å²) in [7, 11) is 1.57. The van der Waals surface area contributed by atoms with E-state index < -0.39 is 5.91 Å². The van der Waals surface area contributed by atoms with Gasteiger partial charge in [-0.1, -0.05) is 6.07 Å². The zero-order chi connectivity index (χ0) is 20.4. The van der Waals surface area contributed by atoms with Gasteiger partial charge in [0, 0.05) is 17.8 Å². The van der Waals surface area contributed by atoms with Crippen LogP contribution in [-0.4, -0.2) is 33.3 Å². The van der Waals surface area contributed by atoms with Crippen molar-refractivity contribution in [2.45, 2.75) is 33.6 Å². The first kappa shape index (κ1) is 19.3. The molecule has 0 aliphatic rings. The molecule has 3 aromatic rings. The van der Waals surface area contributed by atoms with E-state index in [0.29, 0.717) is 23.5 Å². The number of carbonyl (C=O) groups excluding carboxylic acids is 2. The molecule has 2 aromatic heterocycles. The van der Waals surface area contributed by atoms with Gasteiger partial charge in [-0.3, -0.25) is 14.0 Å². The summed E-state index contributed by atoms with van der Waals surface area (Å²) in [5, 5.41) is 2.90. The molecule has 3 rings (SSSR count). The van der Waals surface area contributed by atoms with Crippen LogP contribution in [0.3, 0.4) is 0 Å². The number of nitrogens with two attached hydrogens (primary N) is 1. The number of nitrogens with one attached hydrogen (secondary N) is 1. The van der Waals surface area contributed by atoms with Gasteiger partial charge in [0.05, 0.1) is 12.8 Å². The van der Waals surface area contributed by atoms with E-state index in [9.17, 15) is 9.59 Å². The molecule has 0 bridgehead atoms. The molecule has 0 radical (unpaired) electrons. The van der Waals surface area contributed by atoms with E-state index in [-0.39, 0.29) is 18.0 Å². The van der Waals surface area contributed by atoms with Crippen molar-refractivity contribution in [3.05, 3.63) is 52.7 Å². The third-order valence-electron chi connectivity index (χ3n) is 4.72. The number of imidazole rings is 1. The molecule has 0 unspecified atom stereocenters. The maximum atomic E-state index is 12.5. The molecule has 8 nitrogen and oxygen atoms in total. The van der Waals surface area contributed by atoms with E-state index in [1.165, 1.54) is 6.33 Å². The summed E-state index contributed by atoms with van der Waals surface area (Å²) in [5.41, 5.74) is 10.2. The average Bonchev–Trinajstić information content (AvgIpc) is 3.06. The Kier molecular flexibility index (Phi) is 5.30. The standard InChI is InChI=1S/C20H23N5O3/c1-11-5-7-16(28-4)15(9-11)24-17(26)8-6-14-12(2)23-20-18(19(21)27)22-10-25(20)13(14)3/h5,7,9-10H,6,8H2,1-4H3,(H2,21,27)(H,24,26). The second-order valence-corrected chi connectivity index (χ2v) is 6.66. The Morgan fingerprint density at radius 2 is 2.00 bits per heavy atom. The number of aryl methyl sites for hydroxylation is 3. The molecule has 2 amide bonds. The molecule has 0 saturated carbocycles. The highest BCUT2D eigenvalue weighted by Crippen LogP contribution is 2.25. The van der Waals surface area contributed by atoms with Crippen LogP contribution in [0.4, 0.5) is 5.69 Å². The number of nitrogens with zero attached hydrogens (tertiary/aromatic N) is 3. The van der Waals surface area contributed by atoms with Gasteiger partial charge in [-0.05, 0) is 50.5 Å². The lowest BCUT2D eigenvalue weighted by Crippen LogP contribution is -2.15. The molecule has 8 heteroatoms. The van der Waals surface area contributed by atoms with Crippen LogP contribution in [0, 0.1) is 20.8 Å². The highest BCUT2D eigenvalue weighted by molar-refractivity contribution is 5.96. The maximum absolute atomic E-state index is 12.5. The number of methoxy groups -OCH3 is 1. The SMILES string of the molecule is COc1ccc(C)cc1NC(=O)CCc1c(C)nc2c(C(N)=O)ncn2c1C. The molecule has 146 valence electrons. The van der Waals surface area contributed by atoms with Crippen molar-refractivity contribution in [1.29, 1.82) is 0 Å². The molecule has 2 heterocycles. The number of benzene rings is 1. The predicted molar refractivity (Wildman–Crippen MR) is 106 cm³/mol. The number of ether oxygens (including phenoxy) is 1. The monoisotopic (exact) mass is 381 g/mol. The minimum absolute atomic E-state index is 0.119.